The number of carbonyl (C=O) groups is 1. The van der Waals surface area contributed by atoms with E-state index in [1.807, 2.05) is 47.4 Å². The van der Waals surface area contributed by atoms with Crippen molar-refractivity contribution in [3.05, 3.63) is 52.5 Å². The van der Waals surface area contributed by atoms with Crippen LogP contribution in [-0.2, 0) is 4.79 Å². The quantitative estimate of drug-likeness (QED) is 0.873. The third kappa shape index (κ3) is 2.66. The van der Waals surface area contributed by atoms with Gasteiger partial charge in [-0.2, -0.15) is 0 Å². The fourth-order valence-electron chi connectivity index (χ4n) is 2.45. The molecule has 1 heterocycles. The van der Waals surface area contributed by atoms with Crippen LogP contribution in [0, 0.1) is 0 Å². The zero-order valence-electron chi connectivity index (χ0n) is 11.5. The Balaban J connectivity index is 2.07. The van der Waals surface area contributed by atoms with Crippen LogP contribution in [0.5, 0.6) is 0 Å². The number of benzene rings is 2. The molecule has 0 saturated carbocycles. The Labute approximate surface area is 131 Å². The largest absolute Gasteiger partial charge is 0.389 e. The highest BCUT2D eigenvalue weighted by Gasteiger charge is 2.24. The zero-order valence-corrected chi connectivity index (χ0v) is 13.1. The number of nitrogens with zero attached hydrogens (tertiary/aromatic N) is 1. The Morgan fingerprint density at radius 2 is 2.00 bits per heavy atom. The first kappa shape index (κ1) is 14.1. The predicted molar refractivity (Wildman–Crippen MR) is 86.9 cm³/mol. The van der Waals surface area contributed by atoms with Crippen LogP contribution in [0.1, 0.15) is 18.6 Å². The molecule has 0 saturated heterocycles. The van der Waals surface area contributed by atoms with E-state index in [-0.39, 0.29) is 12.5 Å². The summed E-state index contributed by atoms with van der Waals surface area (Å²) in [6.07, 6.45) is -0.521. The molecule has 108 valence electrons. The van der Waals surface area contributed by atoms with Crippen molar-refractivity contribution in [3.8, 4) is 0 Å². The molecule has 0 bridgehead atoms. The van der Waals surface area contributed by atoms with Crippen molar-refractivity contribution in [2.24, 2.45) is 0 Å². The first-order valence-corrected chi connectivity index (χ1v) is 7.49. The molecule has 1 atom stereocenters. The number of hydrogen-bond acceptors (Lipinski definition) is 3. The van der Waals surface area contributed by atoms with Gasteiger partial charge in [0.15, 0.2) is 0 Å². The number of halogens is 1. The molecule has 2 N–H and O–H groups in total. The van der Waals surface area contributed by atoms with Gasteiger partial charge in [0.1, 0.15) is 6.54 Å². The number of aliphatic hydroxyl groups excluding tert-OH is 1. The molecule has 0 radical (unpaired) electrons. The highest BCUT2D eigenvalue weighted by atomic mass is 79.9. The topological polar surface area (TPSA) is 52.6 Å². The van der Waals surface area contributed by atoms with E-state index in [0.717, 1.165) is 27.1 Å². The average molecular weight is 347 g/mol. The minimum atomic E-state index is -0.521. The number of amides is 1. The maximum atomic E-state index is 11.9. The fraction of sp³-hybridized carbons (Fsp3) is 0.188. The minimum absolute atomic E-state index is 0.0415. The van der Waals surface area contributed by atoms with Gasteiger partial charge in [-0.3, -0.25) is 4.79 Å². The van der Waals surface area contributed by atoms with E-state index in [2.05, 4.69) is 21.2 Å². The lowest BCUT2D eigenvalue weighted by atomic mass is 10.1. The molecule has 2 aromatic rings. The van der Waals surface area contributed by atoms with E-state index in [4.69, 9.17) is 0 Å². The van der Waals surface area contributed by atoms with E-state index in [1.165, 1.54) is 0 Å². The highest BCUT2D eigenvalue weighted by Crippen LogP contribution is 2.39. The van der Waals surface area contributed by atoms with Crippen LogP contribution in [0.15, 0.2) is 46.9 Å². The van der Waals surface area contributed by atoms with Crippen LogP contribution in [0.3, 0.4) is 0 Å². The van der Waals surface area contributed by atoms with E-state index < -0.39 is 6.10 Å². The van der Waals surface area contributed by atoms with Gasteiger partial charge in [0.05, 0.1) is 23.2 Å². The summed E-state index contributed by atoms with van der Waals surface area (Å²) in [4.78, 5) is 13.9. The van der Waals surface area contributed by atoms with Crippen molar-refractivity contribution in [1.82, 2.24) is 0 Å². The number of fused-ring (bicyclic) bond motifs is 1. The van der Waals surface area contributed by atoms with E-state index in [9.17, 15) is 9.90 Å². The van der Waals surface area contributed by atoms with Gasteiger partial charge in [-0.05, 0) is 52.7 Å². The maximum Gasteiger partial charge on any atom is 0.244 e. The maximum absolute atomic E-state index is 11.9. The van der Waals surface area contributed by atoms with Crippen LogP contribution in [0.2, 0.25) is 0 Å². The minimum Gasteiger partial charge on any atom is -0.389 e. The second-order valence-corrected chi connectivity index (χ2v) is 5.89. The molecule has 1 aliphatic rings. The summed E-state index contributed by atoms with van der Waals surface area (Å²) in [6.45, 7) is 1.99. The van der Waals surface area contributed by atoms with Crippen LogP contribution < -0.4 is 10.2 Å². The van der Waals surface area contributed by atoms with Gasteiger partial charge < -0.3 is 15.3 Å². The van der Waals surface area contributed by atoms with Gasteiger partial charge in [-0.1, -0.05) is 18.2 Å². The molecular weight excluding hydrogens is 332 g/mol. The van der Waals surface area contributed by atoms with Gasteiger partial charge in [0.25, 0.3) is 0 Å². The molecule has 0 aromatic heterocycles. The first-order valence-electron chi connectivity index (χ1n) is 6.70. The molecule has 2 aromatic carbocycles. The van der Waals surface area contributed by atoms with Crippen molar-refractivity contribution >= 4 is 38.9 Å². The Kier molecular flexibility index (Phi) is 3.69. The van der Waals surface area contributed by atoms with Crippen molar-refractivity contribution in [3.63, 3.8) is 0 Å². The summed E-state index contributed by atoms with van der Waals surface area (Å²) in [5, 5.41) is 12.5. The number of anilines is 3. The van der Waals surface area contributed by atoms with Crippen molar-refractivity contribution in [1.29, 1.82) is 0 Å². The smallest absolute Gasteiger partial charge is 0.244 e. The molecule has 0 fully saturated rings. The summed E-state index contributed by atoms with van der Waals surface area (Å²) in [7, 11) is 0. The molecule has 5 heteroatoms. The Morgan fingerprint density at radius 3 is 2.71 bits per heavy atom. The SMILES string of the molecule is CC(O)c1ccc(N2CC(=O)Nc3ccccc32)c(Br)c1. The Morgan fingerprint density at radius 1 is 1.24 bits per heavy atom. The normalized spacial score (nSPS) is 15.4. The Hall–Kier alpha value is -1.85. The first-order chi connectivity index (χ1) is 10.1. The summed E-state index contributed by atoms with van der Waals surface area (Å²) < 4.78 is 0.852. The lowest BCUT2D eigenvalue weighted by Crippen LogP contribution is -2.35. The summed E-state index contributed by atoms with van der Waals surface area (Å²) in [5.41, 5.74) is 3.50. The highest BCUT2D eigenvalue weighted by molar-refractivity contribution is 9.10. The molecular formula is C16H15BrN2O2. The van der Waals surface area contributed by atoms with E-state index in [1.54, 1.807) is 6.92 Å². The number of rotatable bonds is 2. The van der Waals surface area contributed by atoms with Gasteiger partial charge >= 0.3 is 0 Å². The number of carbonyl (C=O) groups excluding carboxylic acids is 1. The summed E-state index contributed by atoms with van der Waals surface area (Å²) >= 11 is 3.54. The van der Waals surface area contributed by atoms with Crippen LogP contribution in [-0.4, -0.2) is 17.6 Å². The second-order valence-electron chi connectivity index (χ2n) is 5.04. The second kappa shape index (κ2) is 5.50. The van der Waals surface area contributed by atoms with Crippen LogP contribution in [0.25, 0.3) is 0 Å². The number of para-hydroxylation sites is 2. The molecule has 1 unspecified atom stereocenters. The molecule has 1 amide bonds. The molecule has 21 heavy (non-hydrogen) atoms. The van der Waals surface area contributed by atoms with E-state index >= 15 is 0 Å². The number of aliphatic hydroxyl groups is 1. The molecule has 4 nitrogen and oxygen atoms in total. The zero-order chi connectivity index (χ0) is 15.0. The Bertz CT molecular complexity index is 700. The number of hydrogen-bond donors (Lipinski definition) is 2. The molecule has 3 rings (SSSR count). The lowest BCUT2D eigenvalue weighted by molar-refractivity contribution is -0.115. The van der Waals surface area contributed by atoms with Crippen molar-refractivity contribution in [2.45, 2.75) is 13.0 Å². The van der Waals surface area contributed by atoms with Gasteiger partial charge in [0, 0.05) is 4.47 Å². The number of nitrogens with one attached hydrogen (secondary N) is 1. The molecule has 0 aliphatic carbocycles. The van der Waals surface area contributed by atoms with E-state index in [0.29, 0.717) is 0 Å². The van der Waals surface area contributed by atoms with Crippen LogP contribution >= 0.6 is 15.9 Å². The van der Waals surface area contributed by atoms with Gasteiger partial charge in [-0.15, -0.1) is 0 Å². The molecule has 0 spiro atoms. The third-order valence-electron chi connectivity index (χ3n) is 3.52. The van der Waals surface area contributed by atoms with Crippen LogP contribution in [0.4, 0.5) is 17.1 Å². The van der Waals surface area contributed by atoms with Crippen molar-refractivity contribution < 1.29 is 9.90 Å². The molecule has 1 aliphatic heterocycles. The lowest BCUT2D eigenvalue weighted by Gasteiger charge is -2.31. The predicted octanol–water partition coefficient (Wildman–Crippen LogP) is 3.59. The van der Waals surface area contributed by atoms with Gasteiger partial charge in [0.2, 0.25) is 5.91 Å². The summed E-state index contributed by atoms with van der Waals surface area (Å²) in [5.74, 6) is -0.0415. The van der Waals surface area contributed by atoms with Crippen molar-refractivity contribution in [2.75, 3.05) is 16.8 Å². The monoisotopic (exact) mass is 346 g/mol. The third-order valence-corrected chi connectivity index (χ3v) is 4.15. The standard InChI is InChI=1S/C16H15BrN2O2/c1-10(20)11-6-7-14(12(17)8-11)19-9-16(21)18-13-4-2-3-5-15(13)19/h2-8,10,20H,9H2,1H3,(H,18,21). The van der Waals surface area contributed by atoms with Gasteiger partial charge in [-0.25, -0.2) is 0 Å². The summed E-state index contributed by atoms with van der Waals surface area (Å²) in [6, 6.07) is 13.4. The fourth-order valence-corrected chi connectivity index (χ4v) is 3.06. The average Bonchev–Trinajstić information content (AvgIpc) is 2.46.